The van der Waals surface area contributed by atoms with E-state index in [2.05, 4.69) is 15.5 Å². The van der Waals surface area contributed by atoms with Crippen molar-refractivity contribution >= 4 is 17.5 Å². The van der Waals surface area contributed by atoms with Gasteiger partial charge in [0, 0.05) is 25.2 Å². The Kier molecular flexibility index (Phi) is 6.10. The van der Waals surface area contributed by atoms with Crippen LogP contribution in [0.1, 0.15) is 22.8 Å². The molecule has 1 heterocycles. The van der Waals surface area contributed by atoms with Crippen molar-refractivity contribution in [2.75, 3.05) is 20.8 Å². The molecule has 0 saturated heterocycles. The highest BCUT2D eigenvalue weighted by Crippen LogP contribution is 2.30. The van der Waals surface area contributed by atoms with E-state index in [1.807, 2.05) is 31.2 Å². The van der Waals surface area contributed by atoms with Gasteiger partial charge in [0.15, 0.2) is 0 Å². The van der Waals surface area contributed by atoms with Crippen molar-refractivity contribution < 1.29 is 14.3 Å². The van der Waals surface area contributed by atoms with Crippen molar-refractivity contribution in [3.63, 3.8) is 0 Å². The molecule has 0 spiro atoms. The van der Waals surface area contributed by atoms with Crippen molar-refractivity contribution in [1.82, 2.24) is 25.1 Å². The summed E-state index contributed by atoms with van der Waals surface area (Å²) < 4.78 is 12.5. The Morgan fingerprint density at radius 2 is 2.04 bits per heavy atom. The smallest absolute Gasteiger partial charge is 0.257 e. The summed E-state index contributed by atoms with van der Waals surface area (Å²) in [6.45, 7) is 2.85. The second-order valence-corrected chi connectivity index (χ2v) is 6.37. The van der Waals surface area contributed by atoms with Crippen LogP contribution in [0.15, 0.2) is 42.7 Å². The maximum Gasteiger partial charge on any atom is 0.257 e. The van der Waals surface area contributed by atoms with Gasteiger partial charge >= 0.3 is 0 Å². The molecule has 28 heavy (non-hydrogen) atoms. The molecule has 0 bridgehead atoms. The summed E-state index contributed by atoms with van der Waals surface area (Å²) in [5, 5.41) is 11.3. The van der Waals surface area contributed by atoms with E-state index in [4.69, 9.17) is 21.1 Å². The lowest BCUT2D eigenvalue weighted by molar-refractivity contribution is 0.0780. The van der Waals surface area contributed by atoms with E-state index in [-0.39, 0.29) is 5.91 Å². The number of para-hydroxylation sites is 1. The standard InChI is InChI=1S/C19H20ClN5O3/c1-4-28-17-8-6-5-7-13(17)11-24(2)19(26)14-9-15(20)16(10-18(14)27-3)25-12-21-22-23-25/h5-10,12H,4,11H2,1-3H3. The molecule has 3 aromatic rings. The molecule has 8 nitrogen and oxygen atoms in total. The van der Waals surface area contributed by atoms with Crippen LogP contribution in [0.4, 0.5) is 0 Å². The number of hydrogen-bond donors (Lipinski definition) is 0. The Labute approximate surface area is 167 Å². The summed E-state index contributed by atoms with van der Waals surface area (Å²) >= 11 is 6.36. The van der Waals surface area contributed by atoms with Gasteiger partial charge in [0.25, 0.3) is 5.91 Å². The Morgan fingerprint density at radius 3 is 2.71 bits per heavy atom. The van der Waals surface area contributed by atoms with E-state index in [0.29, 0.717) is 35.2 Å². The van der Waals surface area contributed by atoms with Gasteiger partial charge in [-0.15, -0.1) is 5.10 Å². The van der Waals surface area contributed by atoms with Crippen LogP contribution in [0.3, 0.4) is 0 Å². The van der Waals surface area contributed by atoms with Gasteiger partial charge in [0.2, 0.25) is 0 Å². The molecular formula is C19H20ClN5O3. The zero-order chi connectivity index (χ0) is 20.1. The maximum atomic E-state index is 13.0. The van der Waals surface area contributed by atoms with E-state index < -0.39 is 0 Å². The number of carbonyl (C=O) groups excluding carboxylic acids is 1. The Balaban J connectivity index is 1.88. The van der Waals surface area contributed by atoms with Gasteiger partial charge in [-0.2, -0.15) is 4.68 Å². The van der Waals surface area contributed by atoms with E-state index in [1.54, 1.807) is 24.1 Å². The number of ether oxygens (including phenoxy) is 2. The zero-order valence-corrected chi connectivity index (χ0v) is 16.6. The second kappa shape index (κ2) is 8.71. The number of aromatic nitrogens is 4. The Morgan fingerprint density at radius 1 is 1.25 bits per heavy atom. The van der Waals surface area contributed by atoms with Crippen LogP contribution in [0, 0.1) is 0 Å². The maximum absolute atomic E-state index is 13.0. The summed E-state index contributed by atoms with van der Waals surface area (Å²) in [5.41, 5.74) is 1.78. The number of amides is 1. The normalized spacial score (nSPS) is 10.6. The average Bonchev–Trinajstić information content (AvgIpc) is 3.23. The van der Waals surface area contributed by atoms with Gasteiger partial charge in [-0.1, -0.05) is 29.8 Å². The predicted molar refractivity (Wildman–Crippen MR) is 104 cm³/mol. The van der Waals surface area contributed by atoms with Gasteiger partial charge in [0.05, 0.1) is 30.0 Å². The van der Waals surface area contributed by atoms with Gasteiger partial charge < -0.3 is 14.4 Å². The lowest BCUT2D eigenvalue weighted by Crippen LogP contribution is -2.27. The predicted octanol–water partition coefficient (Wildman–Crippen LogP) is 3.00. The monoisotopic (exact) mass is 401 g/mol. The first kappa shape index (κ1) is 19.6. The third-order valence-electron chi connectivity index (χ3n) is 4.12. The first-order valence-corrected chi connectivity index (χ1v) is 9.00. The minimum absolute atomic E-state index is 0.228. The number of methoxy groups -OCH3 is 1. The van der Waals surface area contributed by atoms with Crippen LogP contribution in [0.2, 0.25) is 5.02 Å². The molecule has 0 fully saturated rings. The molecule has 0 unspecified atom stereocenters. The van der Waals surface area contributed by atoms with E-state index in [0.717, 1.165) is 11.3 Å². The quantitative estimate of drug-likeness (QED) is 0.605. The zero-order valence-electron chi connectivity index (χ0n) is 15.8. The molecule has 1 aromatic heterocycles. The molecule has 0 aliphatic heterocycles. The molecule has 1 amide bonds. The highest BCUT2D eigenvalue weighted by molar-refractivity contribution is 6.33. The minimum Gasteiger partial charge on any atom is -0.496 e. The minimum atomic E-state index is -0.228. The molecular weight excluding hydrogens is 382 g/mol. The van der Waals surface area contributed by atoms with E-state index in [1.165, 1.54) is 18.1 Å². The molecule has 0 saturated carbocycles. The number of benzene rings is 2. The van der Waals surface area contributed by atoms with Crippen LogP contribution in [-0.4, -0.2) is 51.8 Å². The van der Waals surface area contributed by atoms with Gasteiger partial charge in [-0.25, -0.2) is 0 Å². The van der Waals surface area contributed by atoms with Crippen LogP contribution >= 0.6 is 11.6 Å². The summed E-state index contributed by atoms with van der Waals surface area (Å²) in [5.74, 6) is 0.904. The summed E-state index contributed by atoms with van der Waals surface area (Å²) in [6.07, 6.45) is 1.42. The molecule has 2 aromatic carbocycles. The SMILES string of the molecule is CCOc1ccccc1CN(C)C(=O)c1cc(Cl)c(-n2cnnn2)cc1OC. The lowest BCUT2D eigenvalue weighted by atomic mass is 10.1. The number of hydrogen-bond acceptors (Lipinski definition) is 6. The van der Waals surface area contributed by atoms with Gasteiger partial charge in [-0.05, 0) is 29.5 Å². The van der Waals surface area contributed by atoms with Crippen molar-refractivity contribution in [2.45, 2.75) is 13.5 Å². The summed E-state index contributed by atoms with van der Waals surface area (Å²) in [6, 6.07) is 10.8. The molecule has 0 N–H and O–H groups in total. The van der Waals surface area contributed by atoms with Crippen LogP contribution in [-0.2, 0) is 6.54 Å². The molecule has 0 aliphatic carbocycles. The molecule has 3 rings (SSSR count). The molecule has 9 heteroatoms. The van der Waals surface area contributed by atoms with Crippen LogP contribution in [0.25, 0.3) is 5.69 Å². The number of rotatable bonds is 7. The lowest BCUT2D eigenvalue weighted by Gasteiger charge is -2.21. The van der Waals surface area contributed by atoms with Crippen LogP contribution < -0.4 is 9.47 Å². The number of tetrazole rings is 1. The summed E-state index contributed by atoms with van der Waals surface area (Å²) in [7, 11) is 3.21. The fourth-order valence-electron chi connectivity index (χ4n) is 2.79. The second-order valence-electron chi connectivity index (χ2n) is 5.96. The van der Waals surface area contributed by atoms with Gasteiger partial charge in [-0.3, -0.25) is 4.79 Å². The number of carbonyl (C=O) groups is 1. The van der Waals surface area contributed by atoms with E-state index in [9.17, 15) is 4.79 Å². The van der Waals surface area contributed by atoms with Crippen molar-refractivity contribution in [3.8, 4) is 17.2 Å². The van der Waals surface area contributed by atoms with Crippen LogP contribution in [0.5, 0.6) is 11.5 Å². The molecule has 0 radical (unpaired) electrons. The topological polar surface area (TPSA) is 82.4 Å². The molecule has 0 atom stereocenters. The number of halogens is 1. The molecule has 146 valence electrons. The fraction of sp³-hybridized carbons (Fsp3) is 0.263. The highest BCUT2D eigenvalue weighted by atomic mass is 35.5. The highest BCUT2D eigenvalue weighted by Gasteiger charge is 2.21. The fourth-order valence-corrected chi connectivity index (χ4v) is 3.04. The molecule has 0 aliphatic rings. The third kappa shape index (κ3) is 4.07. The van der Waals surface area contributed by atoms with Crippen molar-refractivity contribution in [2.24, 2.45) is 0 Å². The summed E-state index contributed by atoms with van der Waals surface area (Å²) in [4.78, 5) is 14.6. The van der Waals surface area contributed by atoms with Crippen molar-refractivity contribution in [3.05, 3.63) is 58.9 Å². The first-order chi connectivity index (χ1) is 13.5. The number of nitrogens with zero attached hydrogens (tertiary/aromatic N) is 5. The first-order valence-electron chi connectivity index (χ1n) is 8.62. The Bertz CT molecular complexity index is 962. The largest absolute Gasteiger partial charge is 0.496 e. The van der Waals surface area contributed by atoms with E-state index >= 15 is 0 Å². The van der Waals surface area contributed by atoms with Gasteiger partial charge in [0.1, 0.15) is 17.8 Å². The Hall–Kier alpha value is -3.13. The average molecular weight is 402 g/mol. The van der Waals surface area contributed by atoms with Crippen molar-refractivity contribution in [1.29, 1.82) is 0 Å². The third-order valence-corrected chi connectivity index (χ3v) is 4.42.